The number of nitrogens with one attached hydrogen (secondary N) is 1. The van der Waals surface area contributed by atoms with E-state index in [-0.39, 0.29) is 5.75 Å². The lowest BCUT2D eigenvalue weighted by Crippen LogP contribution is -2.45. The van der Waals surface area contributed by atoms with E-state index in [1.54, 1.807) is 6.07 Å². The minimum absolute atomic E-state index is 0.220. The first kappa shape index (κ1) is 15.1. The van der Waals surface area contributed by atoms with Crippen molar-refractivity contribution in [1.29, 1.82) is 0 Å². The van der Waals surface area contributed by atoms with Crippen molar-refractivity contribution < 1.29 is 9.84 Å². The quantitative estimate of drug-likeness (QED) is 0.838. The highest BCUT2D eigenvalue weighted by Crippen LogP contribution is 2.27. The van der Waals surface area contributed by atoms with E-state index in [2.05, 4.69) is 17.1 Å². The first-order chi connectivity index (χ1) is 9.74. The van der Waals surface area contributed by atoms with Crippen LogP contribution < -0.4 is 10.1 Å². The third-order valence-electron chi connectivity index (χ3n) is 3.90. The van der Waals surface area contributed by atoms with Gasteiger partial charge in [-0.05, 0) is 50.6 Å². The molecule has 2 rings (SSSR count). The lowest BCUT2D eigenvalue weighted by atomic mass is 10.0. The number of rotatable bonds is 6. The number of hydrogen-bond donors (Lipinski definition) is 2. The molecule has 1 fully saturated rings. The van der Waals surface area contributed by atoms with Gasteiger partial charge in [-0.15, -0.1) is 0 Å². The van der Waals surface area contributed by atoms with Crippen molar-refractivity contribution in [1.82, 2.24) is 10.2 Å². The zero-order valence-electron chi connectivity index (χ0n) is 12.6. The molecule has 0 aliphatic carbocycles. The number of likely N-dealkylation sites (N-methyl/N-ethyl adjacent to an activating group) is 1. The Kier molecular flexibility index (Phi) is 5.68. The largest absolute Gasteiger partial charge is 0.504 e. The number of hydrogen-bond acceptors (Lipinski definition) is 4. The predicted octanol–water partition coefficient (Wildman–Crippen LogP) is 2.36. The molecule has 1 unspecified atom stereocenters. The lowest BCUT2D eigenvalue weighted by molar-refractivity contribution is 0.166. The topological polar surface area (TPSA) is 44.7 Å². The molecule has 112 valence electrons. The third kappa shape index (κ3) is 3.87. The molecule has 20 heavy (non-hydrogen) atoms. The molecular weight excluding hydrogens is 252 g/mol. The molecule has 1 aliphatic rings. The van der Waals surface area contributed by atoms with Crippen molar-refractivity contribution in [2.75, 3.05) is 26.2 Å². The molecule has 4 nitrogen and oxygen atoms in total. The van der Waals surface area contributed by atoms with Crippen LogP contribution in [0.25, 0.3) is 0 Å². The maximum Gasteiger partial charge on any atom is 0.161 e. The summed E-state index contributed by atoms with van der Waals surface area (Å²) >= 11 is 0. The number of ether oxygens (including phenoxy) is 1. The summed E-state index contributed by atoms with van der Waals surface area (Å²) in [5.41, 5.74) is 1.19. The van der Waals surface area contributed by atoms with Crippen LogP contribution in [-0.4, -0.2) is 42.3 Å². The van der Waals surface area contributed by atoms with Gasteiger partial charge in [0.2, 0.25) is 0 Å². The zero-order valence-corrected chi connectivity index (χ0v) is 12.6. The van der Waals surface area contributed by atoms with Crippen LogP contribution in [0.15, 0.2) is 18.2 Å². The zero-order chi connectivity index (χ0) is 14.4. The van der Waals surface area contributed by atoms with E-state index in [4.69, 9.17) is 4.74 Å². The van der Waals surface area contributed by atoms with Crippen molar-refractivity contribution in [2.45, 2.75) is 39.3 Å². The van der Waals surface area contributed by atoms with Gasteiger partial charge in [0, 0.05) is 19.1 Å². The Balaban J connectivity index is 2.04. The molecule has 1 aromatic carbocycles. The van der Waals surface area contributed by atoms with E-state index in [0.29, 0.717) is 18.4 Å². The molecule has 1 aliphatic heterocycles. The van der Waals surface area contributed by atoms with E-state index in [9.17, 15) is 5.11 Å². The minimum atomic E-state index is 0.220. The molecule has 0 radical (unpaired) electrons. The van der Waals surface area contributed by atoms with Gasteiger partial charge >= 0.3 is 0 Å². The summed E-state index contributed by atoms with van der Waals surface area (Å²) in [5, 5.41) is 13.2. The Bertz CT molecular complexity index is 417. The Morgan fingerprint density at radius 1 is 1.40 bits per heavy atom. The van der Waals surface area contributed by atoms with Gasteiger partial charge < -0.3 is 15.2 Å². The fourth-order valence-corrected chi connectivity index (χ4v) is 2.81. The molecule has 4 heteroatoms. The van der Waals surface area contributed by atoms with Crippen LogP contribution in [0.4, 0.5) is 0 Å². The van der Waals surface area contributed by atoms with Crippen LogP contribution in [0.3, 0.4) is 0 Å². The van der Waals surface area contributed by atoms with Crippen molar-refractivity contribution in [3.05, 3.63) is 23.8 Å². The minimum Gasteiger partial charge on any atom is -0.504 e. The molecule has 1 atom stereocenters. The smallest absolute Gasteiger partial charge is 0.161 e. The van der Waals surface area contributed by atoms with Crippen molar-refractivity contribution in [3.63, 3.8) is 0 Å². The Morgan fingerprint density at radius 2 is 2.25 bits per heavy atom. The van der Waals surface area contributed by atoms with Gasteiger partial charge in [-0.25, -0.2) is 0 Å². The van der Waals surface area contributed by atoms with Crippen molar-refractivity contribution >= 4 is 0 Å². The summed E-state index contributed by atoms with van der Waals surface area (Å²) in [6.07, 6.45) is 2.51. The highest BCUT2D eigenvalue weighted by atomic mass is 16.5. The second kappa shape index (κ2) is 7.50. The first-order valence-electron chi connectivity index (χ1n) is 7.64. The third-order valence-corrected chi connectivity index (χ3v) is 3.90. The molecule has 1 saturated heterocycles. The monoisotopic (exact) mass is 278 g/mol. The normalized spacial score (nSPS) is 19.2. The molecular formula is C16H26N2O2. The number of benzene rings is 1. The maximum atomic E-state index is 9.76. The molecule has 2 N–H and O–H groups in total. The standard InChI is InChI=1S/C16H26N2O2/c1-3-18(14-6-5-9-17-11-14)12-13-7-8-15(19)16(10-13)20-4-2/h7-8,10,14,17,19H,3-6,9,11-12H2,1-2H3. The van der Waals surface area contributed by atoms with Gasteiger partial charge in [0.1, 0.15) is 0 Å². The average molecular weight is 278 g/mol. The van der Waals surface area contributed by atoms with E-state index >= 15 is 0 Å². The number of phenols is 1. The summed E-state index contributed by atoms with van der Waals surface area (Å²) in [7, 11) is 0. The van der Waals surface area contributed by atoms with Gasteiger partial charge in [-0.2, -0.15) is 0 Å². The first-order valence-corrected chi connectivity index (χ1v) is 7.64. The molecule has 0 aromatic heterocycles. The van der Waals surface area contributed by atoms with Crippen LogP contribution in [-0.2, 0) is 6.54 Å². The summed E-state index contributed by atoms with van der Waals surface area (Å²) in [6.45, 7) is 8.87. The van der Waals surface area contributed by atoms with E-state index in [0.717, 1.165) is 26.2 Å². The molecule has 1 heterocycles. The Hall–Kier alpha value is -1.26. The number of nitrogens with zero attached hydrogens (tertiary/aromatic N) is 1. The van der Waals surface area contributed by atoms with Crippen LogP contribution in [0.5, 0.6) is 11.5 Å². The summed E-state index contributed by atoms with van der Waals surface area (Å²) in [6, 6.07) is 6.28. The number of aromatic hydroxyl groups is 1. The summed E-state index contributed by atoms with van der Waals surface area (Å²) < 4.78 is 5.46. The summed E-state index contributed by atoms with van der Waals surface area (Å²) in [5.74, 6) is 0.806. The number of phenolic OH excluding ortho intramolecular Hbond substituents is 1. The number of piperidine rings is 1. The van der Waals surface area contributed by atoms with Crippen molar-refractivity contribution in [2.24, 2.45) is 0 Å². The second-order valence-electron chi connectivity index (χ2n) is 5.30. The van der Waals surface area contributed by atoms with Crippen LogP contribution in [0.2, 0.25) is 0 Å². The highest BCUT2D eigenvalue weighted by molar-refractivity contribution is 5.41. The molecule has 0 bridgehead atoms. The van der Waals surface area contributed by atoms with Crippen molar-refractivity contribution in [3.8, 4) is 11.5 Å². The molecule has 0 amide bonds. The van der Waals surface area contributed by atoms with Gasteiger partial charge in [0.05, 0.1) is 6.61 Å². The predicted molar refractivity (Wildman–Crippen MR) is 81.3 cm³/mol. The van der Waals surface area contributed by atoms with Gasteiger partial charge in [-0.3, -0.25) is 4.90 Å². The summed E-state index contributed by atoms with van der Waals surface area (Å²) in [4.78, 5) is 2.49. The fraction of sp³-hybridized carbons (Fsp3) is 0.625. The van der Waals surface area contributed by atoms with Gasteiger partial charge in [0.15, 0.2) is 11.5 Å². The van der Waals surface area contributed by atoms with E-state index in [1.165, 1.54) is 18.4 Å². The lowest BCUT2D eigenvalue weighted by Gasteiger charge is -2.34. The molecule has 0 saturated carbocycles. The highest BCUT2D eigenvalue weighted by Gasteiger charge is 2.20. The van der Waals surface area contributed by atoms with Gasteiger partial charge in [-0.1, -0.05) is 13.0 Å². The second-order valence-corrected chi connectivity index (χ2v) is 5.30. The van der Waals surface area contributed by atoms with Crippen LogP contribution in [0.1, 0.15) is 32.3 Å². The Morgan fingerprint density at radius 3 is 2.90 bits per heavy atom. The van der Waals surface area contributed by atoms with Crippen LogP contribution in [0, 0.1) is 0 Å². The molecule has 1 aromatic rings. The van der Waals surface area contributed by atoms with E-state index < -0.39 is 0 Å². The maximum absolute atomic E-state index is 9.76. The van der Waals surface area contributed by atoms with Crippen LogP contribution >= 0.6 is 0 Å². The van der Waals surface area contributed by atoms with Gasteiger partial charge in [0.25, 0.3) is 0 Å². The average Bonchev–Trinajstić information content (AvgIpc) is 2.49. The molecule has 0 spiro atoms. The fourth-order valence-electron chi connectivity index (χ4n) is 2.81. The Labute approximate surface area is 121 Å². The van der Waals surface area contributed by atoms with E-state index in [1.807, 2.05) is 19.1 Å². The SMILES string of the molecule is CCOc1cc(CN(CC)C2CCCNC2)ccc1O.